The first kappa shape index (κ1) is 13.9. The number of unbranched alkanes of at least 4 members (excludes halogenated alkanes) is 5. The molecule has 86 valence electrons. The van der Waals surface area contributed by atoms with Crippen LogP contribution in [-0.2, 0) is 0 Å². The fourth-order valence-electron chi connectivity index (χ4n) is 1.58. The molecule has 0 fully saturated rings. The van der Waals surface area contributed by atoms with Crippen molar-refractivity contribution in [1.29, 1.82) is 0 Å². The summed E-state index contributed by atoms with van der Waals surface area (Å²) < 4.78 is 0. The first-order valence-electron chi connectivity index (χ1n) is 6.14. The minimum Gasteiger partial charge on any atom is -0.318 e. The number of likely N-dealkylation sites (N-methyl/N-ethyl adjacent to an activating group) is 2. The van der Waals surface area contributed by atoms with Crippen molar-refractivity contribution in [2.24, 2.45) is 0 Å². The van der Waals surface area contributed by atoms with Crippen molar-refractivity contribution in [3.05, 3.63) is 0 Å². The van der Waals surface area contributed by atoms with Crippen LogP contribution in [0.15, 0.2) is 0 Å². The van der Waals surface area contributed by atoms with Gasteiger partial charge in [-0.25, -0.2) is 0 Å². The normalized spacial score (nSPS) is 11.1. The minimum absolute atomic E-state index is 1.10. The van der Waals surface area contributed by atoms with E-state index in [4.69, 9.17) is 0 Å². The Morgan fingerprint density at radius 3 is 2.21 bits per heavy atom. The molecular weight excluding hydrogens is 172 g/mol. The Hall–Kier alpha value is -0.0800. The van der Waals surface area contributed by atoms with Crippen LogP contribution in [0.2, 0.25) is 0 Å². The maximum atomic E-state index is 3.18. The lowest BCUT2D eigenvalue weighted by atomic mass is 10.1. The number of hydrogen-bond donors (Lipinski definition) is 1. The van der Waals surface area contributed by atoms with Crippen LogP contribution in [0, 0.1) is 0 Å². The average molecular weight is 200 g/mol. The molecule has 0 saturated heterocycles. The first-order chi connectivity index (χ1) is 6.81. The maximum absolute atomic E-state index is 3.18. The van der Waals surface area contributed by atoms with E-state index in [1.807, 2.05) is 7.05 Å². The Kier molecular flexibility index (Phi) is 10.9. The molecule has 0 saturated carbocycles. The molecule has 2 heteroatoms. The molecule has 0 spiro atoms. The second-order valence-electron chi connectivity index (χ2n) is 4.17. The molecular formula is C12H28N2. The van der Waals surface area contributed by atoms with Crippen LogP contribution < -0.4 is 5.32 Å². The fourth-order valence-corrected chi connectivity index (χ4v) is 1.58. The van der Waals surface area contributed by atoms with Gasteiger partial charge in [0.05, 0.1) is 0 Å². The van der Waals surface area contributed by atoms with Crippen molar-refractivity contribution < 1.29 is 0 Å². The van der Waals surface area contributed by atoms with Gasteiger partial charge in [0, 0.05) is 13.1 Å². The highest BCUT2D eigenvalue weighted by Crippen LogP contribution is 2.05. The summed E-state index contributed by atoms with van der Waals surface area (Å²) in [5.74, 6) is 0. The molecule has 1 N–H and O–H groups in total. The van der Waals surface area contributed by atoms with Gasteiger partial charge in [0.15, 0.2) is 0 Å². The average Bonchev–Trinajstić information content (AvgIpc) is 2.20. The summed E-state index contributed by atoms with van der Waals surface area (Å²) in [5.41, 5.74) is 0. The van der Waals surface area contributed by atoms with Crippen molar-refractivity contribution >= 4 is 0 Å². The third kappa shape index (κ3) is 10.0. The molecule has 2 nitrogen and oxygen atoms in total. The summed E-state index contributed by atoms with van der Waals surface area (Å²) >= 11 is 0. The van der Waals surface area contributed by atoms with Crippen LogP contribution in [-0.4, -0.2) is 38.6 Å². The van der Waals surface area contributed by atoms with Crippen LogP contribution in [0.4, 0.5) is 0 Å². The van der Waals surface area contributed by atoms with Gasteiger partial charge in [-0.2, -0.15) is 0 Å². The van der Waals surface area contributed by atoms with Gasteiger partial charge in [-0.1, -0.05) is 39.0 Å². The SMILES string of the molecule is CCCCCCCCN(C)CCNC. The second-order valence-corrected chi connectivity index (χ2v) is 4.17. The fraction of sp³-hybridized carbons (Fsp3) is 1.00. The largest absolute Gasteiger partial charge is 0.318 e. The molecule has 0 aliphatic carbocycles. The van der Waals surface area contributed by atoms with E-state index in [-0.39, 0.29) is 0 Å². The van der Waals surface area contributed by atoms with E-state index in [2.05, 4.69) is 24.2 Å². The molecule has 0 aromatic rings. The monoisotopic (exact) mass is 200 g/mol. The number of nitrogens with zero attached hydrogens (tertiary/aromatic N) is 1. The number of rotatable bonds is 10. The molecule has 0 rings (SSSR count). The van der Waals surface area contributed by atoms with Gasteiger partial charge in [0.1, 0.15) is 0 Å². The summed E-state index contributed by atoms with van der Waals surface area (Å²) in [6.07, 6.45) is 8.38. The Bertz CT molecular complexity index is 104. The third-order valence-electron chi connectivity index (χ3n) is 2.64. The van der Waals surface area contributed by atoms with E-state index in [0.717, 1.165) is 6.54 Å². The van der Waals surface area contributed by atoms with E-state index in [0.29, 0.717) is 0 Å². The Labute approximate surface area is 90.1 Å². The van der Waals surface area contributed by atoms with Gasteiger partial charge >= 0.3 is 0 Å². The Morgan fingerprint density at radius 2 is 1.57 bits per heavy atom. The number of hydrogen-bond acceptors (Lipinski definition) is 2. The molecule has 0 bridgehead atoms. The quantitative estimate of drug-likeness (QED) is 0.545. The van der Waals surface area contributed by atoms with Crippen LogP contribution in [0.25, 0.3) is 0 Å². The van der Waals surface area contributed by atoms with Crippen molar-refractivity contribution in [1.82, 2.24) is 10.2 Å². The van der Waals surface area contributed by atoms with Gasteiger partial charge in [0.2, 0.25) is 0 Å². The van der Waals surface area contributed by atoms with Crippen molar-refractivity contribution in [2.75, 3.05) is 33.7 Å². The molecule has 14 heavy (non-hydrogen) atoms. The predicted octanol–water partition coefficient (Wildman–Crippen LogP) is 2.50. The summed E-state index contributed by atoms with van der Waals surface area (Å²) in [6.45, 7) is 5.80. The highest BCUT2D eigenvalue weighted by Gasteiger charge is 1.96. The maximum Gasteiger partial charge on any atom is 0.0104 e. The molecule has 0 aliphatic rings. The standard InChI is InChI=1S/C12H28N2/c1-4-5-6-7-8-9-11-14(3)12-10-13-2/h13H,4-12H2,1-3H3. The van der Waals surface area contributed by atoms with Gasteiger partial charge < -0.3 is 10.2 Å². The van der Waals surface area contributed by atoms with E-state index in [1.165, 1.54) is 51.6 Å². The summed E-state index contributed by atoms with van der Waals surface area (Å²) in [7, 11) is 4.22. The molecule has 0 atom stereocenters. The highest BCUT2D eigenvalue weighted by molar-refractivity contribution is 4.53. The van der Waals surface area contributed by atoms with E-state index >= 15 is 0 Å². The molecule has 0 aromatic heterocycles. The molecule has 0 aromatic carbocycles. The van der Waals surface area contributed by atoms with E-state index in [1.54, 1.807) is 0 Å². The summed E-state index contributed by atoms with van der Waals surface area (Å²) in [5, 5.41) is 3.18. The zero-order chi connectivity index (χ0) is 10.6. The summed E-state index contributed by atoms with van der Waals surface area (Å²) in [6, 6.07) is 0. The topological polar surface area (TPSA) is 15.3 Å². The van der Waals surface area contributed by atoms with Gasteiger partial charge in [-0.15, -0.1) is 0 Å². The lowest BCUT2D eigenvalue weighted by Gasteiger charge is -2.15. The van der Waals surface area contributed by atoms with Crippen LogP contribution in [0.3, 0.4) is 0 Å². The Morgan fingerprint density at radius 1 is 0.929 bits per heavy atom. The lowest BCUT2D eigenvalue weighted by Crippen LogP contribution is -2.28. The van der Waals surface area contributed by atoms with Crippen molar-refractivity contribution in [3.8, 4) is 0 Å². The van der Waals surface area contributed by atoms with Crippen molar-refractivity contribution in [2.45, 2.75) is 45.4 Å². The van der Waals surface area contributed by atoms with Crippen LogP contribution in [0.5, 0.6) is 0 Å². The Balaban J connectivity index is 3.02. The van der Waals surface area contributed by atoms with E-state index < -0.39 is 0 Å². The molecule has 0 heterocycles. The second kappa shape index (κ2) is 11.0. The third-order valence-corrected chi connectivity index (χ3v) is 2.64. The number of nitrogens with one attached hydrogen (secondary N) is 1. The van der Waals surface area contributed by atoms with E-state index in [9.17, 15) is 0 Å². The van der Waals surface area contributed by atoms with Crippen LogP contribution >= 0.6 is 0 Å². The summed E-state index contributed by atoms with van der Waals surface area (Å²) in [4.78, 5) is 2.41. The molecule has 0 unspecified atom stereocenters. The van der Waals surface area contributed by atoms with Gasteiger partial charge in [-0.3, -0.25) is 0 Å². The lowest BCUT2D eigenvalue weighted by molar-refractivity contribution is 0.325. The van der Waals surface area contributed by atoms with Crippen molar-refractivity contribution in [3.63, 3.8) is 0 Å². The smallest absolute Gasteiger partial charge is 0.0104 e. The molecule has 0 radical (unpaired) electrons. The van der Waals surface area contributed by atoms with Crippen LogP contribution in [0.1, 0.15) is 45.4 Å². The zero-order valence-corrected chi connectivity index (χ0v) is 10.3. The van der Waals surface area contributed by atoms with Gasteiger partial charge in [-0.05, 0) is 27.1 Å². The van der Waals surface area contributed by atoms with Gasteiger partial charge in [0.25, 0.3) is 0 Å². The predicted molar refractivity (Wildman–Crippen MR) is 64.8 cm³/mol. The first-order valence-corrected chi connectivity index (χ1v) is 6.14. The minimum atomic E-state index is 1.10. The zero-order valence-electron chi connectivity index (χ0n) is 10.3. The molecule has 0 aliphatic heterocycles. The highest BCUT2D eigenvalue weighted by atomic mass is 15.1. The molecule has 0 amide bonds.